The molecular formula is C24H31NO5Se. The summed E-state index contributed by atoms with van der Waals surface area (Å²) in [5, 5.41) is 9.14. The number of aromatic nitrogens is 1. The molecule has 1 aromatic heterocycles. The SMILES string of the molecule is CCOC(OC)Oc1cc2c(cc1[Se]c1ccc(C(=O)O)cn1)C(C)(C)CCC2(C)C. The minimum absolute atomic E-state index is 0.0457. The van der Waals surface area contributed by atoms with Crippen molar-refractivity contribution in [1.82, 2.24) is 4.98 Å². The average molecular weight is 492 g/mol. The Morgan fingerprint density at radius 2 is 1.81 bits per heavy atom. The monoisotopic (exact) mass is 493 g/mol. The molecule has 1 N–H and O–H groups in total. The average Bonchev–Trinajstić information content (AvgIpc) is 2.72. The number of pyridine rings is 1. The molecule has 2 aromatic rings. The van der Waals surface area contributed by atoms with Gasteiger partial charge < -0.3 is 0 Å². The van der Waals surface area contributed by atoms with Crippen molar-refractivity contribution < 1.29 is 24.1 Å². The fraction of sp³-hybridized carbons (Fsp3) is 0.500. The van der Waals surface area contributed by atoms with Crippen LogP contribution in [0.2, 0.25) is 0 Å². The van der Waals surface area contributed by atoms with Crippen LogP contribution in [0.1, 0.15) is 68.9 Å². The van der Waals surface area contributed by atoms with Crippen LogP contribution in [0.15, 0.2) is 30.5 Å². The number of ether oxygens (including phenoxy) is 3. The van der Waals surface area contributed by atoms with Crippen LogP contribution in [-0.4, -0.2) is 51.2 Å². The van der Waals surface area contributed by atoms with Gasteiger partial charge in [0.2, 0.25) is 0 Å². The van der Waals surface area contributed by atoms with E-state index in [4.69, 9.17) is 19.3 Å². The molecule has 0 fully saturated rings. The number of rotatable bonds is 8. The van der Waals surface area contributed by atoms with Crippen molar-refractivity contribution in [2.24, 2.45) is 0 Å². The molecule has 1 aliphatic carbocycles. The third kappa shape index (κ3) is 5.29. The van der Waals surface area contributed by atoms with Gasteiger partial charge in [-0.3, -0.25) is 0 Å². The molecule has 31 heavy (non-hydrogen) atoms. The van der Waals surface area contributed by atoms with Crippen LogP contribution in [0, 0.1) is 0 Å². The van der Waals surface area contributed by atoms with Crippen LogP contribution in [0.5, 0.6) is 5.75 Å². The Bertz CT molecular complexity index is 940. The van der Waals surface area contributed by atoms with Gasteiger partial charge in [0, 0.05) is 0 Å². The van der Waals surface area contributed by atoms with Gasteiger partial charge in [0.15, 0.2) is 0 Å². The van der Waals surface area contributed by atoms with Crippen molar-refractivity contribution in [1.29, 1.82) is 0 Å². The predicted molar refractivity (Wildman–Crippen MR) is 121 cm³/mol. The van der Waals surface area contributed by atoms with Crippen LogP contribution in [0.4, 0.5) is 0 Å². The molecule has 0 radical (unpaired) electrons. The molecule has 168 valence electrons. The number of carboxylic acids is 1. The molecule has 6 nitrogen and oxygen atoms in total. The van der Waals surface area contributed by atoms with Crippen molar-refractivity contribution in [2.75, 3.05) is 13.7 Å². The number of aromatic carboxylic acids is 1. The third-order valence-corrected chi connectivity index (χ3v) is 7.91. The molecular weight excluding hydrogens is 461 g/mol. The molecule has 1 unspecified atom stereocenters. The van der Waals surface area contributed by atoms with E-state index in [9.17, 15) is 4.79 Å². The first kappa shape index (κ1) is 23.7. The van der Waals surface area contributed by atoms with Gasteiger partial charge in [-0.05, 0) is 0 Å². The standard InChI is InChI=1S/C24H31NO5Se/c1-7-29-22(28-6)30-18-12-16-17(24(4,5)11-10-23(16,2)3)13-19(18)31-20-9-8-15(14-25-20)21(26)27/h8-9,12-14,22H,7,10-11H2,1-6H3,(H,26,27). The van der Waals surface area contributed by atoms with Crippen LogP contribution in [0.25, 0.3) is 0 Å². The Kier molecular flexibility index (Phi) is 7.11. The molecule has 0 aliphatic heterocycles. The van der Waals surface area contributed by atoms with Gasteiger partial charge >= 0.3 is 190 Å². The van der Waals surface area contributed by atoms with E-state index in [1.165, 1.54) is 17.3 Å². The fourth-order valence-electron chi connectivity index (χ4n) is 3.82. The van der Waals surface area contributed by atoms with Crippen molar-refractivity contribution in [3.63, 3.8) is 0 Å². The second-order valence-electron chi connectivity index (χ2n) is 9.00. The van der Waals surface area contributed by atoms with Gasteiger partial charge in [0.25, 0.3) is 0 Å². The number of hydrogen-bond donors (Lipinski definition) is 1. The Hall–Kier alpha value is -1.92. The van der Waals surface area contributed by atoms with Gasteiger partial charge in [-0.25, -0.2) is 0 Å². The Morgan fingerprint density at radius 1 is 1.16 bits per heavy atom. The van der Waals surface area contributed by atoms with Gasteiger partial charge in [0.05, 0.1) is 0 Å². The van der Waals surface area contributed by atoms with Crippen LogP contribution >= 0.6 is 0 Å². The summed E-state index contributed by atoms with van der Waals surface area (Å²) in [5.41, 5.74) is 2.92. The van der Waals surface area contributed by atoms with Crippen molar-refractivity contribution in [3.8, 4) is 5.75 Å². The van der Waals surface area contributed by atoms with E-state index in [0.29, 0.717) is 6.61 Å². The molecule has 1 aromatic carbocycles. The minimum atomic E-state index is -0.979. The van der Waals surface area contributed by atoms with Crippen LogP contribution in [-0.2, 0) is 20.3 Å². The quantitative estimate of drug-likeness (QED) is 0.451. The molecule has 1 atom stereocenters. The molecule has 0 saturated carbocycles. The molecule has 7 heteroatoms. The number of methoxy groups -OCH3 is 1. The third-order valence-electron chi connectivity index (χ3n) is 5.83. The van der Waals surface area contributed by atoms with Gasteiger partial charge in [0.1, 0.15) is 0 Å². The molecule has 3 rings (SSSR count). The molecule has 0 amide bonds. The summed E-state index contributed by atoms with van der Waals surface area (Å²) in [7, 11) is 1.56. The summed E-state index contributed by atoms with van der Waals surface area (Å²) in [4.78, 5) is 15.5. The van der Waals surface area contributed by atoms with E-state index in [0.717, 1.165) is 27.6 Å². The predicted octanol–water partition coefficient (Wildman–Crippen LogP) is 3.13. The normalized spacial score (nSPS) is 17.6. The van der Waals surface area contributed by atoms with E-state index in [1.807, 2.05) is 6.92 Å². The number of fused-ring (bicyclic) bond motifs is 1. The Balaban J connectivity index is 2.07. The second-order valence-corrected chi connectivity index (χ2v) is 11.2. The second kappa shape index (κ2) is 9.29. The first-order valence-electron chi connectivity index (χ1n) is 10.4. The van der Waals surface area contributed by atoms with Crippen LogP contribution in [0.3, 0.4) is 0 Å². The van der Waals surface area contributed by atoms with E-state index < -0.39 is 12.4 Å². The van der Waals surface area contributed by atoms with Gasteiger partial charge in [-0.2, -0.15) is 0 Å². The maximum absolute atomic E-state index is 11.2. The Labute approximate surface area is 190 Å². The van der Waals surface area contributed by atoms with E-state index in [1.54, 1.807) is 19.2 Å². The van der Waals surface area contributed by atoms with Crippen molar-refractivity contribution in [2.45, 2.75) is 64.8 Å². The molecule has 0 saturated heterocycles. The summed E-state index contributed by atoms with van der Waals surface area (Å²) in [6, 6.07) is 7.76. The summed E-state index contributed by atoms with van der Waals surface area (Å²) >= 11 is -0.177. The van der Waals surface area contributed by atoms with E-state index in [-0.39, 0.29) is 31.4 Å². The van der Waals surface area contributed by atoms with Crippen molar-refractivity contribution in [3.05, 3.63) is 47.2 Å². The molecule has 1 aliphatic rings. The summed E-state index contributed by atoms with van der Waals surface area (Å²) < 4.78 is 18.9. The number of hydrogen-bond acceptors (Lipinski definition) is 5. The topological polar surface area (TPSA) is 77.9 Å². The summed E-state index contributed by atoms with van der Waals surface area (Å²) in [6.07, 6.45) is 3.63. The fourth-order valence-corrected chi connectivity index (χ4v) is 5.60. The Morgan fingerprint density at radius 3 is 2.32 bits per heavy atom. The first-order chi connectivity index (χ1) is 14.6. The summed E-state index contributed by atoms with van der Waals surface area (Å²) in [5.74, 6) is -0.248. The molecule has 0 spiro atoms. The number of benzene rings is 1. The van der Waals surface area contributed by atoms with Gasteiger partial charge in [-0.15, -0.1) is 0 Å². The zero-order valence-corrected chi connectivity index (χ0v) is 20.7. The van der Waals surface area contributed by atoms with Crippen molar-refractivity contribution >= 4 is 30.0 Å². The number of nitrogens with zero attached hydrogens (tertiary/aromatic N) is 1. The zero-order chi connectivity index (χ0) is 22.8. The number of carbonyl (C=O) groups is 1. The summed E-state index contributed by atoms with van der Waals surface area (Å²) in [6.45, 7) is 10.7. The zero-order valence-electron chi connectivity index (χ0n) is 19.0. The van der Waals surface area contributed by atoms with Gasteiger partial charge in [-0.1, -0.05) is 0 Å². The molecule has 1 heterocycles. The van der Waals surface area contributed by atoms with E-state index >= 15 is 0 Å². The first-order valence-corrected chi connectivity index (χ1v) is 12.2. The number of carboxylic acid groups (broad SMARTS) is 1. The molecule has 0 bridgehead atoms. The van der Waals surface area contributed by atoms with Crippen LogP contribution < -0.4 is 13.8 Å². The van der Waals surface area contributed by atoms with E-state index in [2.05, 4.69) is 44.8 Å². The maximum atomic E-state index is 11.2.